The number of hydrogen-bond donors (Lipinski definition) is 1. The minimum absolute atomic E-state index is 0.450. The summed E-state index contributed by atoms with van der Waals surface area (Å²) in [5, 5.41) is 0. The lowest BCUT2D eigenvalue weighted by molar-refractivity contribution is 0.968. The second kappa shape index (κ2) is 4.23. The Morgan fingerprint density at radius 2 is 2.23 bits per heavy atom. The molecule has 2 nitrogen and oxygen atoms in total. The third-order valence-corrected chi connectivity index (χ3v) is 2.28. The lowest BCUT2D eigenvalue weighted by Crippen LogP contribution is -2.17. The van der Waals surface area contributed by atoms with Crippen LogP contribution in [0.15, 0.2) is 24.3 Å². The number of anilines is 1. The fraction of sp³-hybridized carbons (Fsp3) is 0.300. The van der Waals surface area contributed by atoms with Gasteiger partial charge in [0.05, 0.1) is 0 Å². The molecule has 0 unspecified atom stereocenters. The maximum atomic E-state index is 5.54. The van der Waals surface area contributed by atoms with E-state index >= 15 is 0 Å². The zero-order valence-electron chi connectivity index (χ0n) is 7.95. The van der Waals surface area contributed by atoms with Crippen molar-refractivity contribution in [2.45, 2.75) is 6.92 Å². The number of benzene rings is 1. The van der Waals surface area contributed by atoms with Gasteiger partial charge in [-0.3, -0.25) is 0 Å². The molecule has 0 fully saturated rings. The molecule has 0 bridgehead atoms. The lowest BCUT2D eigenvalue weighted by Gasteiger charge is -2.17. The van der Waals surface area contributed by atoms with E-state index in [-0.39, 0.29) is 0 Å². The van der Waals surface area contributed by atoms with Crippen LogP contribution in [0.3, 0.4) is 0 Å². The predicted molar refractivity (Wildman–Crippen MR) is 61.3 cm³/mol. The van der Waals surface area contributed by atoms with Gasteiger partial charge in [-0.1, -0.05) is 24.4 Å². The van der Waals surface area contributed by atoms with Crippen LogP contribution in [-0.4, -0.2) is 18.6 Å². The van der Waals surface area contributed by atoms with Crippen molar-refractivity contribution in [1.29, 1.82) is 0 Å². The van der Waals surface area contributed by atoms with E-state index in [1.54, 1.807) is 0 Å². The molecule has 0 heterocycles. The minimum atomic E-state index is 0.450. The number of rotatable bonds is 3. The zero-order valence-corrected chi connectivity index (χ0v) is 8.77. The molecule has 1 rings (SSSR count). The third-order valence-electron chi connectivity index (χ3n) is 2.05. The quantitative estimate of drug-likeness (QED) is 0.744. The fourth-order valence-electron chi connectivity index (χ4n) is 1.08. The van der Waals surface area contributed by atoms with Crippen LogP contribution in [0.1, 0.15) is 12.5 Å². The summed E-state index contributed by atoms with van der Waals surface area (Å²) in [4.78, 5) is 2.59. The van der Waals surface area contributed by atoms with Crippen molar-refractivity contribution in [1.82, 2.24) is 0 Å². The van der Waals surface area contributed by atoms with E-state index in [2.05, 4.69) is 11.8 Å². The monoisotopic (exact) mass is 194 g/mol. The Hall–Kier alpha value is -1.09. The fourth-order valence-corrected chi connectivity index (χ4v) is 1.21. The first-order chi connectivity index (χ1) is 6.15. The Balaban J connectivity index is 2.98. The highest BCUT2D eigenvalue weighted by Crippen LogP contribution is 2.14. The van der Waals surface area contributed by atoms with Crippen LogP contribution in [0.4, 0.5) is 5.69 Å². The van der Waals surface area contributed by atoms with Crippen LogP contribution in [-0.2, 0) is 0 Å². The summed E-state index contributed by atoms with van der Waals surface area (Å²) in [5.74, 6) is 0. The molecule has 0 amide bonds. The summed E-state index contributed by atoms with van der Waals surface area (Å²) < 4.78 is 0. The maximum absolute atomic E-state index is 5.54. The minimum Gasteiger partial charge on any atom is -0.389 e. The van der Waals surface area contributed by atoms with Crippen LogP contribution in [0, 0.1) is 0 Å². The molecule has 0 aliphatic carbocycles. The highest BCUT2D eigenvalue weighted by molar-refractivity contribution is 7.80. The summed E-state index contributed by atoms with van der Waals surface area (Å²) >= 11 is 4.90. The molecule has 1 aromatic rings. The van der Waals surface area contributed by atoms with Gasteiger partial charge >= 0.3 is 0 Å². The van der Waals surface area contributed by atoms with Gasteiger partial charge in [0.1, 0.15) is 4.99 Å². The molecule has 0 saturated heterocycles. The van der Waals surface area contributed by atoms with Gasteiger partial charge < -0.3 is 10.6 Å². The van der Waals surface area contributed by atoms with E-state index in [1.165, 1.54) is 0 Å². The van der Waals surface area contributed by atoms with E-state index in [9.17, 15) is 0 Å². The SMILES string of the molecule is CCN(C)c1cccc(C(N)=S)c1. The Bertz CT molecular complexity index is 310. The number of hydrogen-bond acceptors (Lipinski definition) is 2. The van der Waals surface area contributed by atoms with Gasteiger partial charge in [0, 0.05) is 24.8 Å². The van der Waals surface area contributed by atoms with Crippen molar-refractivity contribution >= 4 is 22.9 Å². The topological polar surface area (TPSA) is 29.3 Å². The summed E-state index contributed by atoms with van der Waals surface area (Å²) in [6.07, 6.45) is 0. The average Bonchev–Trinajstić information content (AvgIpc) is 2.17. The molecule has 13 heavy (non-hydrogen) atoms. The standard InChI is InChI=1S/C10H14N2S/c1-3-12(2)9-6-4-5-8(7-9)10(11)13/h4-7H,3H2,1-2H3,(H2,11,13). The molecule has 1 aromatic carbocycles. The molecule has 70 valence electrons. The predicted octanol–water partition coefficient (Wildman–Crippen LogP) is 1.78. The number of nitrogens with zero attached hydrogens (tertiary/aromatic N) is 1. The van der Waals surface area contributed by atoms with Crippen molar-refractivity contribution < 1.29 is 0 Å². The van der Waals surface area contributed by atoms with Gasteiger partial charge in [-0.25, -0.2) is 0 Å². The van der Waals surface area contributed by atoms with E-state index in [0.29, 0.717) is 4.99 Å². The van der Waals surface area contributed by atoms with Crippen LogP contribution < -0.4 is 10.6 Å². The van der Waals surface area contributed by atoms with Gasteiger partial charge in [0.15, 0.2) is 0 Å². The lowest BCUT2D eigenvalue weighted by atomic mass is 10.2. The largest absolute Gasteiger partial charge is 0.389 e. The van der Waals surface area contributed by atoms with E-state index in [1.807, 2.05) is 31.3 Å². The van der Waals surface area contributed by atoms with Crippen molar-refractivity contribution in [2.24, 2.45) is 5.73 Å². The Morgan fingerprint density at radius 1 is 1.54 bits per heavy atom. The van der Waals surface area contributed by atoms with Crippen molar-refractivity contribution in [3.63, 3.8) is 0 Å². The molecular weight excluding hydrogens is 180 g/mol. The highest BCUT2D eigenvalue weighted by Gasteiger charge is 2.00. The Morgan fingerprint density at radius 3 is 2.77 bits per heavy atom. The first kappa shape index (κ1) is 9.99. The molecule has 3 heteroatoms. The van der Waals surface area contributed by atoms with Crippen molar-refractivity contribution in [3.8, 4) is 0 Å². The van der Waals surface area contributed by atoms with Gasteiger partial charge in [-0.05, 0) is 19.1 Å². The second-order valence-electron chi connectivity index (χ2n) is 2.93. The molecule has 0 aliphatic heterocycles. The molecular formula is C10H14N2S. The van der Waals surface area contributed by atoms with Gasteiger partial charge in [-0.15, -0.1) is 0 Å². The van der Waals surface area contributed by atoms with Crippen LogP contribution in [0.25, 0.3) is 0 Å². The average molecular weight is 194 g/mol. The van der Waals surface area contributed by atoms with E-state index < -0.39 is 0 Å². The number of thiocarbonyl (C=S) groups is 1. The molecule has 0 spiro atoms. The van der Waals surface area contributed by atoms with Crippen LogP contribution >= 0.6 is 12.2 Å². The van der Waals surface area contributed by atoms with Crippen molar-refractivity contribution in [3.05, 3.63) is 29.8 Å². The summed E-state index contributed by atoms with van der Waals surface area (Å²) in [6, 6.07) is 7.95. The Kier molecular flexibility index (Phi) is 3.25. The highest BCUT2D eigenvalue weighted by atomic mass is 32.1. The normalized spacial score (nSPS) is 9.69. The third kappa shape index (κ3) is 2.42. The first-order valence-electron chi connectivity index (χ1n) is 4.26. The summed E-state index contributed by atoms with van der Waals surface area (Å²) in [6.45, 7) is 3.08. The van der Waals surface area contributed by atoms with Gasteiger partial charge in [-0.2, -0.15) is 0 Å². The molecule has 0 radical (unpaired) electrons. The van der Waals surface area contributed by atoms with Crippen LogP contribution in [0.2, 0.25) is 0 Å². The molecule has 0 saturated carbocycles. The van der Waals surface area contributed by atoms with E-state index in [0.717, 1.165) is 17.8 Å². The van der Waals surface area contributed by atoms with Crippen molar-refractivity contribution in [2.75, 3.05) is 18.5 Å². The molecule has 0 aromatic heterocycles. The van der Waals surface area contributed by atoms with Crippen LogP contribution in [0.5, 0.6) is 0 Å². The van der Waals surface area contributed by atoms with Gasteiger partial charge in [0.2, 0.25) is 0 Å². The second-order valence-corrected chi connectivity index (χ2v) is 3.37. The summed E-state index contributed by atoms with van der Waals surface area (Å²) in [5.41, 5.74) is 7.61. The van der Waals surface area contributed by atoms with E-state index in [4.69, 9.17) is 18.0 Å². The summed E-state index contributed by atoms with van der Waals surface area (Å²) in [7, 11) is 2.04. The molecule has 0 aliphatic rings. The molecule has 2 N–H and O–H groups in total. The van der Waals surface area contributed by atoms with Gasteiger partial charge in [0.25, 0.3) is 0 Å². The maximum Gasteiger partial charge on any atom is 0.104 e. The first-order valence-corrected chi connectivity index (χ1v) is 4.67. The number of nitrogens with two attached hydrogens (primary N) is 1. The zero-order chi connectivity index (χ0) is 9.84. The molecule has 0 atom stereocenters. The Labute approximate surface area is 84.3 Å². The smallest absolute Gasteiger partial charge is 0.104 e.